The van der Waals surface area contributed by atoms with Gasteiger partial charge in [-0.25, -0.2) is 0 Å². The molecule has 0 fully saturated rings. The average molecular weight is 230 g/mol. The van der Waals surface area contributed by atoms with Crippen LogP contribution in [0.1, 0.15) is 31.4 Å². The highest BCUT2D eigenvalue weighted by atomic mass is 16.5. The topological polar surface area (TPSA) is 9.23 Å². The number of benzene rings is 1. The van der Waals surface area contributed by atoms with Crippen LogP contribution in [0.2, 0.25) is 0 Å². The molecule has 0 amide bonds. The molecule has 0 unspecified atom stereocenters. The first kappa shape index (κ1) is 13.6. The molecule has 0 bridgehead atoms. The van der Waals surface area contributed by atoms with Crippen LogP contribution in [-0.4, -0.2) is 7.11 Å². The van der Waals surface area contributed by atoms with Crippen LogP contribution < -0.4 is 4.74 Å². The number of allylic oxidation sites excluding steroid dienone is 3. The summed E-state index contributed by atoms with van der Waals surface area (Å²) in [5.41, 5.74) is 3.35. The first-order valence-electron chi connectivity index (χ1n) is 6.05. The molecule has 1 aromatic carbocycles. The number of rotatable bonds is 5. The zero-order valence-electron chi connectivity index (χ0n) is 11.3. The summed E-state index contributed by atoms with van der Waals surface area (Å²) < 4.78 is 5.24. The maximum atomic E-state index is 5.24. The molecule has 0 aliphatic carbocycles. The van der Waals surface area contributed by atoms with Gasteiger partial charge in [0, 0.05) is 0 Å². The Morgan fingerprint density at radius 1 is 1.41 bits per heavy atom. The highest BCUT2D eigenvalue weighted by molar-refractivity contribution is 5.72. The maximum absolute atomic E-state index is 5.24. The molecule has 0 spiro atoms. The molecule has 1 nitrogen and oxygen atoms in total. The third kappa shape index (κ3) is 4.10. The van der Waals surface area contributed by atoms with Crippen LogP contribution in [-0.2, 0) is 0 Å². The zero-order chi connectivity index (χ0) is 12.8. The monoisotopic (exact) mass is 230 g/mol. The summed E-state index contributed by atoms with van der Waals surface area (Å²) in [5, 5.41) is 0. The van der Waals surface area contributed by atoms with Crippen LogP contribution >= 0.6 is 0 Å². The molecular weight excluding hydrogens is 208 g/mol. The largest absolute Gasteiger partial charge is 0.496 e. The second kappa shape index (κ2) is 6.29. The highest BCUT2D eigenvalue weighted by Gasteiger charge is 2.01. The van der Waals surface area contributed by atoms with Crippen LogP contribution in [0.5, 0.6) is 5.75 Å². The fraction of sp³-hybridized carbons (Fsp3) is 0.375. The Kier molecular flexibility index (Phi) is 5.02. The minimum atomic E-state index is 0.691. The predicted octanol–water partition coefficient (Wildman–Crippen LogP) is 4.62. The minimum absolute atomic E-state index is 0.691. The second-order valence-corrected chi connectivity index (χ2v) is 4.74. The SMILES string of the molecule is C=C(/C=C\CC(C)C)c1ccc(OC)c(C)c1. The average Bonchev–Trinajstić information content (AvgIpc) is 2.28. The number of hydrogen-bond acceptors (Lipinski definition) is 1. The van der Waals surface area contributed by atoms with Crippen LogP contribution in [0, 0.1) is 12.8 Å². The Labute approximate surface area is 105 Å². The van der Waals surface area contributed by atoms with Gasteiger partial charge in [0.25, 0.3) is 0 Å². The van der Waals surface area contributed by atoms with E-state index in [1.807, 2.05) is 19.1 Å². The van der Waals surface area contributed by atoms with E-state index in [0.717, 1.165) is 28.9 Å². The first-order chi connectivity index (χ1) is 8.04. The van der Waals surface area contributed by atoms with E-state index >= 15 is 0 Å². The summed E-state index contributed by atoms with van der Waals surface area (Å²) in [5.74, 6) is 1.62. The van der Waals surface area contributed by atoms with Crippen molar-refractivity contribution >= 4 is 5.57 Å². The standard InChI is InChI=1S/C16H22O/c1-12(2)7-6-8-13(3)15-9-10-16(17-5)14(4)11-15/h6,8-12H,3,7H2,1-2,4-5H3/b8-6-. The van der Waals surface area contributed by atoms with Crippen molar-refractivity contribution < 1.29 is 4.74 Å². The zero-order valence-corrected chi connectivity index (χ0v) is 11.3. The molecule has 0 saturated heterocycles. The molecule has 0 aliphatic rings. The fourth-order valence-electron chi connectivity index (χ4n) is 1.66. The molecule has 1 heteroatoms. The molecule has 1 rings (SSSR count). The molecule has 0 radical (unpaired) electrons. The maximum Gasteiger partial charge on any atom is 0.121 e. The van der Waals surface area contributed by atoms with Crippen molar-refractivity contribution in [3.8, 4) is 5.75 Å². The van der Waals surface area contributed by atoms with E-state index in [0.29, 0.717) is 5.92 Å². The molecule has 1 aromatic rings. The summed E-state index contributed by atoms with van der Waals surface area (Å²) >= 11 is 0. The van der Waals surface area contributed by atoms with E-state index in [2.05, 4.69) is 38.6 Å². The van der Waals surface area contributed by atoms with E-state index in [1.54, 1.807) is 7.11 Å². The molecule has 0 atom stereocenters. The Hall–Kier alpha value is -1.50. The van der Waals surface area contributed by atoms with Crippen molar-refractivity contribution in [3.63, 3.8) is 0 Å². The summed E-state index contributed by atoms with van der Waals surface area (Å²) in [6, 6.07) is 6.15. The van der Waals surface area contributed by atoms with Gasteiger partial charge in [0.15, 0.2) is 0 Å². The minimum Gasteiger partial charge on any atom is -0.496 e. The van der Waals surface area contributed by atoms with Gasteiger partial charge < -0.3 is 4.74 Å². The third-order valence-electron chi connectivity index (χ3n) is 2.69. The Morgan fingerprint density at radius 2 is 2.12 bits per heavy atom. The van der Waals surface area contributed by atoms with Gasteiger partial charge >= 0.3 is 0 Å². The lowest BCUT2D eigenvalue weighted by Gasteiger charge is -2.07. The van der Waals surface area contributed by atoms with Crippen LogP contribution in [0.3, 0.4) is 0 Å². The lowest BCUT2D eigenvalue weighted by Crippen LogP contribution is -1.89. The van der Waals surface area contributed by atoms with Gasteiger partial charge in [-0.05, 0) is 48.1 Å². The molecule has 0 aromatic heterocycles. The fourth-order valence-corrected chi connectivity index (χ4v) is 1.66. The third-order valence-corrected chi connectivity index (χ3v) is 2.69. The Morgan fingerprint density at radius 3 is 2.65 bits per heavy atom. The quantitative estimate of drug-likeness (QED) is 0.671. The van der Waals surface area contributed by atoms with Gasteiger partial charge in [-0.1, -0.05) is 38.6 Å². The number of methoxy groups -OCH3 is 1. The van der Waals surface area contributed by atoms with E-state index in [9.17, 15) is 0 Å². The second-order valence-electron chi connectivity index (χ2n) is 4.74. The summed E-state index contributed by atoms with van der Waals surface area (Å²) in [6.45, 7) is 10.6. The van der Waals surface area contributed by atoms with Crippen molar-refractivity contribution in [2.45, 2.75) is 27.2 Å². The lowest BCUT2D eigenvalue weighted by atomic mass is 10.0. The van der Waals surface area contributed by atoms with Crippen molar-refractivity contribution in [2.75, 3.05) is 7.11 Å². The Bertz CT molecular complexity index is 414. The molecule has 0 heterocycles. The molecule has 17 heavy (non-hydrogen) atoms. The van der Waals surface area contributed by atoms with Gasteiger partial charge in [-0.15, -0.1) is 0 Å². The van der Waals surface area contributed by atoms with Crippen molar-refractivity contribution in [2.24, 2.45) is 5.92 Å². The number of aryl methyl sites for hydroxylation is 1. The number of ether oxygens (including phenoxy) is 1. The number of hydrogen-bond donors (Lipinski definition) is 0. The van der Waals surface area contributed by atoms with Gasteiger partial charge in [0.05, 0.1) is 7.11 Å². The molecule has 0 N–H and O–H groups in total. The molecule has 0 aliphatic heterocycles. The van der Waals surface area contributed by atoms with Crippen LogP contribution in [0.25, 0.3) is 5.57 Å². The normalized spacial score (nSPS) is 11.1. The van der Waals surface area contributed by atoms with Crippen molar-refractivity contribution in [1.29, 1.82) is 0 Å². The lowest BCUT2D eigenvalue weighted by molar-refractivity contribution is 0.411. The van der Waals surface area contributed by atoms with Gasteiger partial charge in [-0.2, -0.15) is 0 Å². The van der Waals surface area contributed by atoms with Crippen molar-refractivity contribution in [1.82, 2.24) is 0 Å². The highest BCUT2D eigenvalue weighted by Crippen LogP contribution is 2.23. The first-order valence-corrected chi connectivity index (χ1v) is 6.05. The van der Waals surface area contributed by atoms with Crippen LogP contribution in [0.4, 0.5) is 0 Å². The Balaban J connectivity index is 2.76. The van der Waals surface area contributed by atoms with E-state index in [4.69, 9.17) is 4.74 Å². The smallest absolute Gasteiger partial charge is 0.121 e. The molecule has 0 saturated carbocycles. The predicted molar refractivity (Wildman–Crippen MR) is 75.4 cm³/mol. The summed E-state index contributed by atoms with van der Waals surface area (Å²) in [4.78, 5) is 0. The summed E-state index contributed by atoms with van der Waals surface area (Å²) in [7, 11) is 1.69. The van der Waals surface area contributed by atoms with E-state index in [-0.39, 0.29) is 0 Å². The van der Waals surface area contributed by atoms with Crippen molar-refractivity contribution in [3.05, 3.63) is 48.1 Å². The van der Waals surface area contributed by atoms with Gasteiger partial charge in [-0.3, -0.25) is 0 Å². The molecular formula is C16H22O. The molecule has 92 valence electrons. The van der Waals surface area contributed by atoms with E-state index < -0.39 is 0 Å². The van der Waals surface area contributed by atoms with Gasteiger partial charge in [0.2, 0.25) is 0 Å². The summed E-state index contributed by atoms with van der Waals surface area (Å²) in [6.07, 6.45) is 5.38. The van der Waals surface area contributed by atoms with Gasteiger partial charge in [0.1, 0.15) is 5.75 Å². The van der Waals surface area contributed by atoms with E-state index in [1.165, 1.54) is 0 Å². The van der Waals surface area contributed by atoms with Crippen LogP contribution in [0.15, 0.2) is 36.9 Å².